The predicted molar refractivity (Wildman–Crippen MR) is 94.1 cm³/mol. The summed E-state index contributed by atoms with van der Waals surface area (Å²) in [6.45, 7) is 0.696. The Morgan fingerprint density at radius 2 is 1.50 bits per heavy atom. The lowest BCUT2D eigenvalue weighted by Gasteiger charge is -2.03. The zero-order valence-electron chi connectivity index (χ0n) is 12.3. The molecule has 1 heterocycles. The highest BCUT2D eigenvalue weighted by Gasteiger charge is 2.04. The number of aromatic amines is 1. The van der Waals surface area contributed by atoms with Gasteiger partial charge in [-0.2, -0.15) is 0 Å². The molecule has 0 bridgehead atoms. The van der Waals surface area contributed by atoms with Crippen LogP contribution in [0.15, 0.2) is 60.8 Å². The molecule has 0 aliphatic heterocycles. The molecule has 3 nitrogen and oxygen atoms in total. The van der Waals surface area contributed by atoms with E-state index < -0.39 is 0 Å². The van der Waals surface area contributed by atoms with E-state index in [0.29, 0.717) is 6.54 Å². The molecule has 3 rings (SSSR count). The summed E-state index contributed by atoms with van der Waals surface area (Å²) in [7, 11) is 0. The van der Waals surface area contributed by atoms with Gasteiger partial charge in [0, 0.05) is 6.42 Å². The lowest BCUT2D eigenvalue weighted by atomic mass is 10.0. The average Bonchev–Trinajstić information content (AvgIpc) is 3.03. The van der Waals surface area contributed by atoms with E-state index in [0.717, 1.165) is 29.9 Å². The van der Waals surface area contributed by atoms with E-state index in [2.05, 4.69) is 58.5 Å². The number of nitrogens with zero attached hydrogens (tertiary/aromatic N) is 1. The number of imidazole rings is 1. The summed E-state index contributed by atoms with van der Waals surface area (Å²) in [5.74, 6) is 1.00. The standard InChI is InChI=1S/C18H19N3.ClH/c19-12-4-7-18-20-13-17(21-18)16-10-8-15(9-11-16)14-5-2-1-3-6-14;/h1-3,5-6,8-11,13H,4,7,12,19H2,(H,20,21);1H. The smallest absolute Gasteiger partial charge is 0.106 e. The Morgan fingerprint density at radius 3 is 2.18 bits per heavy atom. The SMILES string of the molecule is Cl.NCCCc1ncc(-c2ccc(-c3ccccc3)cc2)[nH]1. The molecule has 0 fully saturated rings. The quantitative estimate of drug-likeness (QED) is 0.746. The first kappa shape index (κ1) is 16.3. The second-order valence-electron chi connectivity index (χ2n) is 5.08. The van der Waals surface area contributed by atoms with Gasteiger partial charge in [-0.05, 0) is 29.7 Å². The number of hydrogen-bond donors (Lipinski definition) is 2. The van der Waals surface area contributed by atoms with E-state index in [1.165, 1.54) is 11.1 Å². The van der Waals surface area contributed by atoms with Crippen molar-refractivity contribution in [3.05, 3.63) is 66.6 Å². The third-order valence-corrected chi connectivity index (χ3v) is 3.55. The molecule has 22 heavy (non-hydrogen) atoms. The Labute approximate surface area is 137 Å². The molecule has 2 aromatic carbocycles. The molecule has 0 saturated carbocycles. The zero-order chi connectivity index (χ0) is 14.5. The monoisotopic (exact) mass is 313 g/mol. The molecule has 0 aliphatic rings. The second-order valence-corrected chi connectivity index (χ2v) is 5.08. The summed E-state index contributed by atoms with van der Waals surface area (Å²) in [4.78, 5) is 7.76. The van der Waals surface area contributed by atoms with Gasteiger partial charge in [0.05, 0.1) is 11.9 Å². The summed E-state index contributed by atoms with van der Waals surface area (Å²) in [5, 5.41) is 0. The molecule has 0 saturated heterocycles. The number of nitrogens with one attached hydrogen (secondary N) is 1. The maximum absolute atomic E-state index is 5.52. The number of H-pyrrole nitrogens is 1. The molecular weight excluding hydrogens is 294 g/mol. The van der Waals surface area contributed by atoms with Gasteiger partial charge in [-0.1, -0.05) is 54.6 Å². The van der Waals surface area contributed by atoms with Crippen LogP contribution in [0.1, 0.15) is 12.2 Å². The lowest BCUT2D eigenvalue weighted by molar-refractivity contribution is 0.794. The molecule has 3 aromatic rings. The van der Waals surface area contributed by atoms with Gasteiger partial charge >= 0.3 is 0 Å². The van der Waals surface area contributed by atoms with Crippen molar-refractivity contribution >= 4 is 12.4 Å². The van der Waals surface area contributed by atoms with Gasteiger partial charge in [-0.3, -0.25) is 0 Å². The molecule has 0 amide bonds. The van der Waals surface area contributed by atoms with Gasteiger partial charge in [0.2, 0.25) is 0 Å². The fraction of sp³-hybridized carbons (Fsp3) is 0.167. The minimum atomic E-state index is 0. The van der Waals surface area contributed by atoms with Gasteiger partial charge in [-0.25, -0.2) is 4.98 Å². The van der Waals surface area contributed by atoms with Crippen LogP contribution in [-0.2, 0) is 6.42 Å². The van der Waals surface area contributed by atoms with Crippen LogP contribution in [0.2, 0.25) is 0 Å². The van der Waals surface area contributed by atoms with Crippen LogP contribution in [-0.4, -0.2) is 16.5 Å². The molecule has 0 atom stereocenters. The highest BCUT2D eigenvalue weighted by Crippen LogP contribution is 2.23. The van der Waals surface area contributed by atoms with Gasteiger partial charge in [0.15, 0.2) is 0 Å². The first-order valence-electron chi connectivity index (χ1n) is 7.26. The molecular formula is C18H20ClN3. The van der Waals surface area contributed by atoms with Crippen LogP contribution in [0.25, 0.3) is 22.4 Å². The highest BCUT2D eigenvalue weighted by atomic mass is 35.5. The van der Waals surface area contributed by atoms with Crippen molar-refractivity contribution in [2.75, 3.05) is 6.54 Å². The Balaban J connectivity index is 0.00000176. The van der Waals surface area contributed by atoms with Gasteiger partial charge in [0.25, 0.3) is 0 Å². The van der Waals surface area contributed by atoms with Crippen LogP contribution in [0.5, 0.6) is 0 Å². The lowest BCUT2D eigenvalue weighted by Crippen LogP contribution is -2.01. The number of halogens is 1. The first-order chi connectivity index (χ1) is 10.4. The number of rotatable bonds is 5. The van der Waals surface area contributed by atoms with Crippen molar-refractivity contribution < 1.29 is 0 Å². The van der Waals surface area contributed by atoms with Gasteiger partial charge in [0.1, 0.15) is 5.82 Å². The van der Waals surface area contributed by atoms with Crippen LogP contribution < -0.4 is 5.73 Å². The fourth-order valence-electron chi connectivity index (χ4n) is 2.38. The van der Waals surface area contributed by atoms with E-state index in [1.807, 2.05) is 12.3 Å². The molecule has 0 radical (unpaired) electrons. The topological polar surface area (TPSA) is 54.7 Å². The average molecular weight is 314 g/mol. The van der Waals surface area contributed by atoms with E-state index in [9.17, 15) is 0 Å². The van der Waals surface area contributed by atoms with E-state index >= 15 is 0 Å². The third kappa shape index (κ3) is 3.75. The van der Waals surface area contributed by atoms with Crippen molar-refractivity contribution in [2.45, 2.75) is 12.8 Å². The van der Waals surface area contributed by atoms with E-state index in [1.54, 1.807) is 0 Å². The van der Waals surface area contributed by atoms with Crippen molar-refractivity contribution in [1.82, 2.24) is 9.97 Å². The number of aromatic nitrogens is 2. The van der Waals surface area contributed by atoms with Gasteiger partial charge in [-0.15, -0.1) is 12.4 Å². The maximum Gasteiger partial charge on any atom is 0.106 e. The zero-order valence-corrected chi connectivity index (χ0v) is 13.1. The maximum atomic E-state index is 5.52. The molecule has 1 aromatic heterocycles. The number of hydrogen-bond acceptors (Lipinski definition) is 2. The first-order valence-corrected chi connectivity index (χ1v) is 7.26. The second kappa shape index (κ2) is 7.78. The van der Waals surface area contributed by atoms with Gasteiger partial charge < -0.3 is 10.7 Å². The van der Waals surface area contributed by atoms with Crippen LogP contribution in [0.4, 0.5) is 0 Å². The molecule has 0 unspecified atom stereocenters. The van der Waals surface area contributed by atoms with Crippen molar-refractivity contribution in [3.63, 3.8) is 0 Å². The van der Waals surface area contributed by atoms with E-state index in [-0.39, 0.29) is 12.4 Å². The Kier molecular flexibility index (Phi) is 5.75. The van der Waals surface area contributed by atoms with Crippen molar-refractivity contribution in [3.8, 4) is 22.4 Å². The predicted octanol–water partition coefficient (Wildman–Crippen LogP) is 4.06. The van der Waals surface area contributed by atoms with Crippen molar-refractivity contribution in [2.24, 2.45) is 5.73 Å². The highest BCUT2D eigenvalue weighted by molar-refractivity contribution is 5.85. The fourth-order valence-corrected chi connectivity index (χ4v) is 2.38. The minimum absolute atomic E-state index is 0. The molecule has 0 aliphatic carbocycles. The van der Waals surface area contributed by atoms with Crippen LogP contribution >= 0.6 is 12.4 Å². The molecule has 114 valence electrons. The Hall–Kier alpha value is -2.10. The summed E-state index contributed by atoms with van der Waals surface area (Å²) in [6.07, 6.45) is 3.75. The molecule has 0 spiro atoms. The Morgan fingerprint density at radius 1 is 0.864 bits per heavy atom. The summed E-state index contributed by atoms with van der Waals surface area (Å²) < 4.78 is 0. The van der Waals surface area contributed by atoms with Crippen LogP contribution in [0, 0.1) is 0 Å². The molecule has 4 heteroatoms. The number of benzene rings is 2. The number of nitrogens with two attached hydrogens (primary N) is 1. The minimum Gasteiger partial charge on any atom is -0.342 e. The Bertz CT molecular complexity index is 690. The summed E-state index contributed by atoms with van der Waals surface area (Å²) >= 11 is 0. The van der Waals surface area contributed by atoms with Crippen LogP contribution in [0.3, 0.4) is 0 Å². The number of aryl methyl sites for hydroxylation is 1. The van der Waals surface area contributed by atoms with E-state index in [4.69, 9.17) is 5.73 Å². The third-order valence-electron chi connectivity index (χ3n) is 3.55. The summed E-state index contributed by atoms with van der Waals surface area (Å²) in [6, 6.07) is 18.9. The van der Waals surface area contributed by atoms with Crippen molar-refractivity contribution in [1.29, 1.82) is 0 Å². The molecule has 3 N–H and O–H groups in total. The normalized spacial score (nSPS) is 10.2. The summed E-state index contributed by atoms with van der Waals surface area (Å²) in [5.41, 5.74) is 10.2. The largest absolute Gasteiger partial charge is 0.342 e.